The minimum Gasteiger partial charge on any atom is -0.466 e. The first kappa shape index (κ1) is 11.5. The molecule has 0 spiro atoms. The van der Waals surface area contributed by atoms with Crippen LogP contribution in [0.15, 0.2) is 23.8 Å². The van der Waals surface area contributed by atoms with Gasteiger partial charge in [0.1, 0.15) is 5.60 Å². The Bertz CT molecular complexity index is 340. The molecule has 82 valence electrons. The molecule has 4 heteroatoms. The molecule has 1 unspecified atom stereocenters. The quantitative estimate of drug-likeness (QED) is 0.646. The molecule has 0 N–H and O–H groups in total. The summed E-state index contributed by atoms with van der Waals surface area (Å²) in [6.45, 7) is 3.09. The second-order valence-electron chi connectivity index (χ2n) is 3.63. The Morgan fingerprint density at radius 2 is 2.13 bits per heavy atom. The zero-order chi connectivity index (χ0) is 11.5. The monoisotopic (exact) mass is 210 g/mol. The van der Waals surface area contributed by atoms with Gasteiger partial charge in [0.25, 0.3) is 0 Å². The van der Waals surface area contributed by atoms with Crippen LogP contribution in [0.4, 0.5) is 0 Å². The van der Waals surface area contributed by atoms with Gasteiger partial charge in [0, 0.05) is 18.9 Å². The van der Waals surface area contributed by atoms with E-state index in [1.807, 2.05) is 0 Å². The van der Waals surface area contributed by atoms with Crippen molar-refractivity contribution in [3.8, 4) is 0 Å². The van der Waals surface area contributed by atoms with Gasteiger partial charge in [-0.25, -0.2) is 4.79 Å². The molecule has 1 atom stereocenters. The molecule has 0 bridgehead atoms. The standard InChI is InChI=1S/C11H14O4/c1-8(12)15-11(2)6-4-5-9(7-11)10(13)14-3/h4-6H,7H2,1-3H3. The number of esters is 2. The molecule has 0 aromatic carbocycles. The van der Waals surface area contributed by atoms with E-state index in [-0.39, 0.29) is 5.97 Å². The van der Waals surface area contributed by atoms with Crippen molar-refractivity contribution < 1.29 is 19.1 Å². The highest BCUT2D eigenvalue weighted by Gasteiger charge is 2.30. The van der Waals surface area contributed by atoms with Crippen LogP contribution in [-0.2, 0) is 19.1 Å². The van der Waals surface area contributed by atoms with Crippen LogP contribution in [0.3, 0.4) is 0 Å². The van der Waals surface area contributed by atoms with E-state index in [2.05, 4.69) is 4.74 Å². The van der Waals surface area contributed by atoms with E-state index in [1.165, 1.54) is 14.0 Å². The Kier molecular flexibility index (Phi) is 3.29. The Morgan fingerprint density at radius 3 is 2.67 bits per heavy atom. The average molecular weight is 210 g/mol. The Labute approximate surface area is 88.6 Å². The van der Waals surface area contributed by atoms with Crippen LogP contribution in [0, 0.1) is 0 Å². The number of ether oxygens (including phenoxy) is 2. The third kappa shape index (κ3) is 2.94. The van der Waals surface area contributed by atoms with E-state index >= 15 is 0 Å². The first-order chi connectivity index (χ1) is 6.97. The lowest BCUT2D eigenvalue weighted by Crippen LogP contribution is -2.32. The first-order valence-electron chi connectivity index (χ1n) is 4.63. The summed E-state index contributed by atoms with van der Waals surface area (Å²) in [6.07, 6.45) is 5.45. The van der Waals surface area contributed by atoms with Crippen molar-refractivity contribution in [3.63, 3.8) is 0 Å². The predicted octanol–water partition coefficient (Wildman–Crippen LogP) is 1.37. The predicted molar refractivity (Wildman–Crippen MR) is 54.0 cm³/mol. The lowest BCUT2D eigenvalue weighted by Gasteiger charge is -2.28. The number of hydrogen-bond donors (Lipinski definition) is 0. The maximum absolute atomic E-state index is 11.3. The number of carbonyl (C=O) groups excluding carboxylic acids is 2. The number of allylic oxidation sites excluding steroid dienone is 2. The van der Waals surface area contributed by atoms with Crippen LogP contribution in [0.1, 0.15) is 20.3 Å². The molecule has 1 aliphatic carbocycles. The lowest BCUT2D eigenvalue weighted by molar-refractivity contribution is -0.152. The van der Waals surface area contributed by atoms with E-state index in [9.17, 15) is 9.59 Å². The third-order valence-corrected chi connectivity index (χ3v) is 2.11. The fourth-order valence-corrected chi connectivity index (χ4v) is 1.53. The molecule has 0 aromatic heterocycles. The summed E-state index contributed by atoms with van der Waals surface area (Å²) in [5.41, 5.74) is -0.242. The molecule has 4 nitrogen and oxygen atoms in total. The van der Waals surface area contributed by atoms with Crippen LogP contribution in [0.25, 0.3) is 0 Å². The molecule has 0 fully saturated rings. The molecule has 0 saturated carbocycles. The fraction of sp³-hybridized carbons (Fsp3) is 0.455. The molecular weight excluding hydrogens is 196 g/mol. The zero-order valence-electron chi connectivity index (χ0n) is 9.07. The van der Waals surface area contributed by atoms with E-state index in [0.717, 1.165) is 0 Å². The molecule has 0 heterocycles. The summed E-state index contributed by atoms with van der Waals surface area (Å²) in [5.74, 6) is -0.758. The molecule has 0 aliphatic heterocycles. The zero-order valence-corrected chi connectivity index (χ0v) is 9.07. The topological polar surface area (TPSA) is 52.6 Å². The highest BCUT2D eigenvalue weighted by molar-refractivity contribution is 5.89. The summed E-state index contributed by atoms with van der Waals surface area (Å²) in [5, 5.41) is 0. The molecule has 15 heavy (non-hydrogen) atoms. The Hall–Kier alpha value is -1.58. The van der Waals surface area contributed by atoms with Gasteiger partial charge in [-0.1, -0.05) is 12.2 Å². The van der Waals surface area contributed by atoms with Gasteiger partial charge in [-0.2, -0.15) is 0 Å². The van der Waals surface area contributed by atoms with Crippen molar-refractivity contribution in [2.45, 2.75) is 25.9 Å². The second-order valence-corrected chi connectivity index (χ2v) is 3.63. The second kappa shape index (κ2) is 4.29. The summed E-state index contributed by atoms with van der Waals surface area (Å²) in [6, 6.07) is 0. The van der Waals surface area contributed by atoms with E-state index < -0.39 is 11.6 Å². The van der Waals surface area contributed by atoms with Crippen LogP contribution < -0.4 is 0 Å². The van der Waals surface area contributed by atoms with E-state index in [4.69, 9.17) is 4.74 Å². The van der Waals surface area contributed by atoms with Crippen LogP contribution in [-0.4, -0.2) is 24.6 Å². The van der Waals surface area contributed by atoms with Gasteiger partial charge in [0.05, 0.1) is 7.11 Å². The third-order valence-electron chi connectivity index (χ3n) is 2.11. The smallest absolute Gasteiger partial charge is 0.333 e. The van der Waals surface area contributed by atoms with E-state index in [0.29, 0.717) is 12.0 Å². The van der Waals surface area contributed by atoms with Gasteiger partial charge in [0.2, 0.25) is 0 Å². The number of rotatable bonds is 2. The molecule has 0 radical (unpaired) electrons. The highest BCUT2D eigenvalue weighted by atomic mass is 16.6. The minimum absolute atomic E-state index is 0.343. The minimum atomic E-state index is -0.746. The molecule has 0 aromatic rings. The van der Waals surface area contributed by atoms with Gasteiger partial charge >= 0.3 is 11.9 Å². The fourth-order valence-electron chi connectivity index (χ4n) is 1.53. The van der Waals surface area contributed by atoms with Crippen LogP contribution in [0.5, 0.6) is 0 Å². The van der Waals surface area contributed by atoms with Crippen LogP contribution >= 0.6 is 0 Å². The Balaban J connectivity index is 2.78. The highest BCUT2D eigenvalue weighted by Crippen LogP contribution is 2.27. The van der Waals surface area contributed by atoms with Gasteiger partial charge in [-0.3, -0.25) is 4.79 Å². The Morgan fingerprint density at radius 1 is 1.47 bits per heavy atom. The van der Waals surface area contributed by atoms with Gasteiger partial charge in [0.15, 0.2) is 0 Å². The number of carbonyl (C=O) groups is 2. The largest absolute Gasteiger partial charge is 0.466 e. The van der Waals surface area contributed by atoms with Gasteiger partial charge in [-0.05, 0) is 13.0 Å². The maximum atomic E-state index is 11.3. The van der Waals surface area contributed by atoms with Gasteiger partial charge < -0.3 is 9.47 Å². The van der Waals surface area contributed by atoms with Crippen molar-refractivity contribution in [2.24, 2.45) is 0 Å². The average Bonchev–Trinajstić information content (AvgIpc) is 2.14. The van der Waals surface area contributed by atoms with E-state index in [1.54, 1.807) is 25.2 Å². The molecule has 0 amide bonds. The number of methoxy groups -OCH3 is 1. The van der Waals surface area contributed by atoms with Crippen molar-refractivity contribution >= 4 is 11.9 Å². The SMILES string of the molecule is COC(=O)C1=CC=CC(C)(OC(C)=O)C1. The van der Waals surface area contributed by atoms with Gasteiger partial charge in [-0.15, -0.1) is 0 Å². The van der Waals surface area contributed by atoms with Crippen molar-refractivity contribution in [2.75, 3.05) is 7.11 Å². The lowest BCUT2D eigenvalue weighted by atomic mass is 9.91. The maximum Gasteiger partial charge on any atom is 0.333 e. The summed E-state index contributed by atoms with van der Waals surface area (Å²) in [7, 11) is 1.32. The molecular formula is C11H14O4. The summed E-state index contributed by atoms with van der Waals surface area (Å²) >= 11 is 0. The first-order valence-corrected chi connectivity index (χ1v) is 4.63. The van der Waals surface area contributed by atoms with Crippen molar-refractivity contribution in [1.82, 2.24) is 0 Å². The van der Waals surface area contributed by atoms with Crippen molar-refractivity contribution in [1.29, 1.82) is 0 Å². The molecule has 1 rings (SSSR count). The molecule has 1 aliphatic rings. The number of hydrogen-bond acceptors (Lipinski definition) is 4. The molecule has 0 saturated heterocycles. The normalized spacial score (nSPS) is 24.3. The van der Waals surface area contributed by atoms with Crippen molar-refractivity contribution in [3.05, 3.63) is 23.8 Å². The summed E-state index contributed by atoms with van der Waals surface area (Å²) in [4.78, 5) is 22.1. The summed E-state index contributed by atoms with van der Waals surface area (Å²) < 4.78 is 9.74. The van der Waals surface area contributed by atoms with Crippen LogP contribution in [0.2, 0.25) is 0 Å².